The van der Waals surface area contributed by atoms with Gasteiger partial charge in [0.25, 0.3) is 0 Å². The van der Waals surface area contributed by atoms with Crippen LogP contribution in [0.4, 0.5) is 4.79 Å². The monoisotopic (exact) mass is 361 g/mol. The lowest BCUT2D eigenvalue weighted by atomic mass is 10.1. The van der Waals surface area contributed by atoms with E-state index in [4.69, 9.17) is 9.47 Å². The second-order valence-electron chi connectivity index (χ2n) is 7.03. The van der Waals surface area contributed by atoms with Crippen LogP contribution in [0.5, 0.6) is 0 Å². The molecule has 3 rings (SSSR count). The highest BCUT2D eigenvalue weighted by Crippen LogP contribution is 2.14. The molecule has 2 aliphatic rings. The standard InChI is InChI=1S/C20H31N3O3/c1-2-26-19-4-3-9-23(16-19)20(24)21-14-17-5-7-18(8-6-17)15-22-10-12-25-13-11-22/h5-8,19H,2-4,9-16H2,1H3,(H,21,24). The number of hydrogen-bond donors (Lipinski definition) is 1. The number of morpholine rings is 1. The van der Waals surface area contributed by atoms with Gasteiger partial charge in [-0.15, -0.1) is 0 Å². The van der Waals surface area contributed by atoms with Crippen molar-refractivity contribution in [3.8, 4) is 0 Å². The molecule has 144 valence electrons. The van der Waals surface area contributed by atoms with Crippen molar-refractivity contribution < 1.29 is 14.3 Å². The fourth-order valence-electron chi connectivity index (χ4n) is 3.56. The van der Waals surface area contributed by atoms with Gasteiger partial charge in [-0.2, -0.15) is 0 Å². The molecule has 1 N–H and O–H groups in total. The number of rotatable bonds is 6. The second-order valence-corrected chi connectivity index (χ2v) is 7.03. The van der Waals surface area contributed by atoms with Gasteiger partial charge >= 0.3 is 6.03 Å². The quantitative estimate of drug-likeness (QED) is 0.844. The molecule has 0 radical (unpaired) electrons. The number of likely N-dealkylation sites (tertiary alicyclic amines) is 1. The Labute approximate surface area is 156 Å². The number of hydrogen-bond acceptors (Lipinski definition) is 4. The molecule has 0 spiro atoms. The van der Waals surface area contributed by atoms with Crippen molar-refractivity contribution in [2.24, 2.45) is 0 Å². The first-order valence-electron chi connectivity index (χ1n) is 9.77. The average Bonchev–Trinajstić information content (AvgIpc) is 2.68. The van der Waals surface area contributed by atoms with Crippen LogP contribution in [-0.2, 0) is 22.6 Å². The Morgan fingerprint density at radius 3 is 2.65 bits per heavy atom. The van der Waals surface area contributed by atoms with Crippen LogP contribution < -0.4 is 5.32 Å². The van der Waals surface area contributed by atoms with Gasteiger partial charge in [0.05, 0.1) is 19.3 Å². The molecule has 0 aliphatic carbocycles. The molecule has 2 fully saturated rings. The Balaban J connectivity index is 1.43. The normalized spacial score (nSPS) is 21.6. The van der Waals surface area contributed by atoms with Crippen LogP contribution in [0.3, 0.4) is 0 Å². The first-order chi connectivity index (χ1) is 12.7. The Hall–Kier alpha value is -1.63. The summed E-state index contributed by atoms with van der Waals surface area (Å²) in [6, 6.07) is 8.53. The zero-order chi connectivity index (χ0) is 18.2. The van der Waals surface area contributed by atoms with Crippen molar-refractivity contribution in [1.82, 2.24) is 15.1 Å². The van der Waals surface area contributed by atoms with Gasteiger partial charge in [-0.1, -0.05) is 24.3 Å². The number of carbonyl (C=O) groups excluding carboxylic acids is 1. The van der Waals surface area contributed by atoms with Gasteiger partial charge in [0.1, 0.15) is 0 Å². The van der Waals surface area contributed by atoms with Gasteiger partial charge in [0.15, 0.2) is 0 Å². The molecule has 0 saturated carbocycles. The highest BCUT2D eigenvalue weighted by molar-refractivity contribution is 5.74. The summed E-state index contributed by atoms with van der Waals surface area (Å²) < 4.78 is 11.1. The Bertz CT molecular complexity index is 556. The van der Waals surface area contributed by atoms with Crippen LogP contribution in [0.1, 0.15) is 30.9 Å². The van der Waals surface area contributed by atoms with E-state index in [-0.39, 0.29) is 12.1 Å². The summed E-state index contributed by atoms with van der Waals surface area (Å²) >= 11 is 0. The van der Waals surface area contributed by atoms with E-state index < -0.39 is 0 Å². The van der Waals surface area contributed by atoms with Crippen LogP contribution in [0.2, 0.25) is 0 Å². The number of nitrogens with one attached hydrogen (secondary N) is 1. The van der Waals surface area contributed by atoms with Crippen LogP contribution in [0.25, 0.3) is 0 Å². The third-order valence-electron chi connectivity index (χ3n) is 5.04. The fourth-order valence-corrected chi connectivity index (χ4v) is 3.56. The van der Waals surface area contributed by atoms with Crippen LogP contribution >= 0.6 is 0 Å². The largest absolute Gasteiger partial charge is 0.379 e. The minimum absolute atomic E-state index is 0.00629. The molecule has 1 aromatic carbocycles. The highest BCUT2D eigenvalue weighted by atomic mass is 16.5. The molecule has 0 bridgehead atoms. The topological polar surface area (TPSA) is 54.0 Å². The number of urea groups is 1. The minimum Gasteiger partial charge on any atom is -0.379 e. The van der Waals surface area contributed by atoms with E-state index in [0.29, 0.717) is 19.7 Å². The lowest BCUT2D eigenvalue weighted by Crippen LogP contribution is -2.47. The summed E-state index contributed by atoms with van der Waals surface area (Å²) in [6.07, 6.45) is 2.23. The number of benzene rings is 1. The van der Waals surface area contributed by atoms with Crippen molar-refractivity contribution in [2.75, 3.05) is 46.0 Å². The zero-order valence-corrected chi connectivity index (χ0v) is 15.8. The number of carbonyl (C=O) groups is 1. The predicted molar refractivity (Wildman–Crippen MR) is 101 cm³/mol. The SMILES string of the molecule is CCOC1CCCN(C(=O)NCc2ccc(CN3CCOCC3)cc2)C1. The first kappa shape index (κ1) is 19.1. The molecule has 6 heteroatoms. The van der Waals surface area contributed by atoms with E-state index in [1.165, 1.54) is 5.56 Å². The molecule has 1 atom stereocenters. The Morgan fingerprint density at radius 1 is 1.19 bits per heavy atom. The fraction of sp³-hybridized carbons (Fsp3) is 0.650. The summed E-state index contributed by atoms with van der Waals surface area (Å²) in [4.78, 5) is 16.7. The van der Waals surface area contributed by atoms with Crippen molar-refractivity contribution in [3.63, 3.8) is 0 Å². The minimum atomic E-state index is 0.00629. The van der Waals surface area contributed by atoms with E-state index in [1.54, 1.807) is 0 Å². The third kappa shape index (κ3) is 5.69. The average molecular weight is 361 g/mol. The van der Waals surface area contributed by atoms with E-state index in [0.717, 1.165) is 57.8 Å². The van der Waals surface area contributed by atoms with Gasteiger partial charge in [0, 0.05) is 45.9 Å². The van der Waals surface area contributed by atoms with Crippen molar-refractivity contribution >= 4 is 6.03 Å². The zero-order valence-electron chi connectivity index (χ0n) is 15.8. The second kappa shape index (κ2) is 9.90. The summed E-state index contributed by atoms with van der Waals surface area (Å²) in [5, 5.41) is 3.04. The molecule has 2 heterocycles. The van der Waals surface area contributed by atoms with Gasteiger partial charge in [-0.3, -0.25) is 4.90 Å². The lowest BCUT2D eigenvalue weighted by molar-refractivity contribution is 0.0164. The van der Waals surface area contributed by atoms with E-state index in [9.17, 15) is 4.79 Å². The maximum absolute atomic E-state index is 12.4. The van der Waals surface area contributed by atoms with Gasteiger partial charge < -0.3 is 19.7 Å². The van der Waals surface area contributed by atoms with Crippen molar-refractivity contribution in [1.29, 1.82) is 0 Å². The number of piperidine rings is 1. The number of nitrogens with zero attached hydrogens (tertiary/aromatic N) is 2. The van der Waals surface area contributed by atoms with Gasteiger partial charge in [-0.25, -0.2) is 4.79 Å². The third-order valence-corrected chi connectivity index (χ3v) is 5.04. The lowest BCUT2D eigenvalue weighted by Gasteiger charge is -2.32. The van der Waals surface area contributed by atoms with E-state index in [1.807, 2.05) is 11.8 Å². The molecule has 6 nitrogen and oxygen atoms in total. The first-order valence-corrected chi connectivity index (χ1v) is 9.77. The molecule has 2 amide bonds. The number of ether oxygens (including phenoxy) is 2. The molecule has 2 saturated heterocycles. The van der Waals surface area contributed by atoms with Crippen LogP contribution in [0.15, 0.2) is 24.3 Å². The summed E-state index contributed by atoms with van der Waals surface area (Å²) in [5.74, 6) is 0. The predicted octanol–water partition coefficient (Wildman–Crippen LogP) is 2.23. The molecule has 2 aliphatic heterocycles. The van der Waals surface area contributed by atoms with Gasteiger partial charge in [0.2, 0.25) is 0 Å². The van der Waals surface area contributed by atoms with Crippen LogP contribution in [0, 0.1) is 0 Å². The molecule has 26 heavy (non-hydrogen) atoms. The van der Waals surface area contributed by atoms with E-state index >= 15 is 0 Å². The molecule has 1 aromatic rings. The smallest absolute Gasteiger partial charge is 0.317 e. The molecular formula is C20H31N3O3. The molecule has 0 aromatic heterocycles. The van der Waals surface area contributed by atoms with Crippen LogP contribution in [-0.4, -0.2) is 67.9 Å². The summed E-state index contributed by atoms with van der Waals surface area (Å²) in [6.45, 7) is 9.38. The van der Waals surface area contributed by atoms with Crippen molar-refractivity contribution in [3.05, 3.63) is 35.4 Å². The Morgan fingerprint density at radius 2 is 1.92 bits per heavy atom. The highest BCUT2D eigenvalue weighted by Gasteiger charge is 2.23. The molecule has 1 unspecified atom stereocenters. The number of amides is 2. The summed E-state index contributed by atoms with van der Waals surface area (Å²) in [7, 11) is 0. The van der Waals surface area contributed by atoms with E-state index in [2.05, 4.69) is 34.5 Å². The van der Waals surface area contributed by atoms with Gasteiger partial charge in [-0.05, 0) is 30.9 Å². The Kier molecular flexibility index (Phi) is 7.29. The molecular weight excluding hydrogens is 330 g/mol. The maximum Gasteiger partial charge on any atom is 0.317 e. The summed E-state index contributed by atoms with van der Waals surface area (Å²) in [5.41, 5.74) is 2.43. The van der Waals surface area contributed by atoms with Crippen molar-refractivity contribution in [2.45, 2.75) is 39.0 Å². The maximum atomic E-state index is 12.4.